The fourth-order valence-electron chi connectivity index (χ4n) is 7.06. The van der Waals surface area contributed by atoms with Gasteiger partial charge in [-0.2, -0.15) is 0 Å². The van der Waals surface area contributed by atoms with Crippen LogP contribution in [0.15, 0.2) is 121 Å². The number of rotatable bonds is 20. The summed E-state index contributed by atoms with van der Waals surface area (Å²) in [6.07, 6.45) is -11.6. The first-order valence-electron chi connectivity index (χ1n) is 19.8. The second-order valence-corrected chi connectivity index (χ2v) is 14.4. The lowest BCUT2D eigenvalue weighted by Crippen LogP contribution is -2.62. The van der Waals surface area contributed by atoms with Crippen molar-refractivity contribution in [2.24, 2.45) is 0 Å². The fraction of sp³-hybridized carbons (Fsp3) is 0.413. The van der Waals surface area contributed by atoms with Gasteiger partial charge in [-0.3, -0.25) is 14.4 Å². The van der Waals surface area contributed by atoms with Crippen molar-refractivity contribution < 1.29 is 66.9 Å². The second-order valence-electron chi connectivity index (χ2n) is 14.4. The Balaban J connectivity index is 1.31. The van der Waals surface area contributed by atoms with E-state index in [9.17, 15) is 19.5 Å². The summed E-state index contributed by atoms with van der Waals surface area (Å²) in [5.74, 6) is -2.29. The van der Waals surface area contributed by atoms with E-state index in [1.807, 2.05) is 121 Å². The van der Waals surface area contributed by atoms with Crippen LogP contribution in [0.1, 0.15) is 43.0 Å². The first-order chi connectivity index (χ1) is 29.1. The summed E-state index contributed by atoms with van der Waals surface area (Å²) in [7, 11) is 0. The second kappa shape index (κ2) is 22.5. The highest BCUT2D eigenvalue weighted by molar-refractivity contribution is 5.68. The average molecular weight is 829 g/mol. The number of carbonyl (C=O) groups is 3. The van der Waals surface area contributed by atoms with Crippen LogP contribution in [0, 0.1) is 0 Å². The minimum absolute atomic E-state index is 0.115. The smallest absolute Gasteiger partial charge is 0.303 e. The monoisotopic (exact) mass is 828 g/mol. The Morgan fingerprint density at radius 3 is 1.50 bits per heavy atom. The molecule has 14 nitrogen and oxygen atoms in total. The van der Waals surface area contributed by atoms with E-state index in [2.05, 4.69) is 0 Å². The third-order valence-electron chi connectivity index (χ3n) is 9.78. The van der Waals surface area contributed by atoms with E-state index in [0.717, 1.165) is 43.0 Å². The Kier molecular flexibility index (Phi) is 16.7. The van der Waals surface area contributed by atoms with Crippen molar-refractivity contribution in [3.63, 3.8) is 0 Å². The molecule has 6 rings (SSSR count). The van der Waals surface area contributed by atoms with Crippen LogP contribution in [-0.4, -0.2) is 97.6 Å². The minimum Gasteiger partial charge on any atom is -0.456 e. The van der Waals surface area contributed by atoms with Gasteiger partial charge in [-0.1, -0.05) is 121 Å². The molecular formula is C46H52O14. The van der Waals surface area contributed by atoms with E-state index < -0.39 is 79.3 Å². The quantitative estimate of drug-likeness (QED) is 0.0912. The molecule has 60 heavy (non-hydrogen) atoms. The third kappa shape index (κ3) is 13.0. The molecule has 4 aromatic rings. The maximum atomic E-state index is 12.4. The van der Waals surface area contributed by atoms with Gasteiger partial charge in [-0.15, -0.1) is 0 Å². The van der Waals surface area contributed by atoms with Crippen LogP contribution in [0.2, 0.25) is 0 Å². The first kappa shape index (κ1) is 44.5. The van der Waals surface area contributed by atoms with Gasteiger partial charge in [0, 0.05) is 20.8 Å². The van der Waals surface area contributed by atoms with E-state index in [1.165, 1.54) is 0 Å². The predicted molar refractivity (Wildman–Crippen MR) is 213 cm³/mol. The molecule has 2 saturated heterocycles. The predicted octanol–water partition coefficient (Wildman–Crippen LogP) is 5.21. The van der Waals surface area contributed by atoms with E-state index in [1.54, 1.807) is 0 Å². The highest BCUT2D eigenvalue weighted by Gasteiger charge is 2.54. The topological polar surface area (TPSA) is 164 Å². The summed E-state index contributed by atoms with van der Waals surface area (Å²) >= 11 is 0. The number of esters is 3. The zero-order valence-electron chi connectivity index (χ0n) is 33.8. The Labute approximate surface area is 349 Å². The van der Waals surface area contributed by atoms with Gasteiger partial charge in [0.25, 0.3) is 0 Å². The Morgan fingerprint density at radius 2 is 0.983 bits per heavy atom. The number of hydrogen-bond acceptors (Lipinski definition) is 14. The van der Waals surface area contributed by atoms with E-state index in [4.69, 9.17) is 47.4 Å². The molecule has 4 aromatic carbocycles. The molecule has 2 aliphatic heterocycles. The van der Waals surface area contributed by atoms with Crippen LogP contribution in [0.3, 0.4) is 0 Å². The molecule has 0 unspecified atom stereocenters. The van der Waals surface area contributed by atoms with E-state index in [0.29, 0.717) is 6.61 Å². The van der Waals surface area contributed by atoms with Gasteiger partial charge in [-0.25, -0.2) is 0 Å². The van der Waals surface area contributed by atoms with Crippen LogP contribution >= 0.6 is 0 Å². The zero-order valence-corrected chi connectivity index (χ0v) is 33.8. The molecule has 2 heterocycles. The van der Waals surface area contributed by atoms with Gasteiger partial charge < -0.3 is 52.5 Å². The molecule has 0 amide bonds. The molecule has 0 aromatic heterocycles. The largest absolute Gasteiger partial charge is 0.456 e. The molecular weight excluding hydrogens is 776 g/mol. The van der Waals surface area contributed by atoms with Crippen LogP contribution in [0.25, 0.3) is 0 Å². The maximum Gasteiger partial charge on any atom is 0.303 e. The summed E-state index contributed by atoms with van der Waals surface area (Å²) in [6, 6.07) is 38.8. The summed E-state index contributed by atoms with van der Waals surface area (Å²) in [6.45, 7) is 4.10. The molecule has 0 radical (unpaired) electrons. The van der Waals surface area contributed by atoms with Crippen molar-refractivity contribution in [2.45, 2.75) is 109 Å². The molecule has 0 aliphatic carbocycles. The van der Waals surface area contributed by atoms with Gasteiger partial charge in [0.05, 0.1) is 39.6 Å². The van der Waals surface area contributed by atoms with Gasteiger partial charge in [0.2, 0.25) is 0 Å². The first-order valence-corrected chi connectivity index (χ1v) is 19.8. The minimum atomic E-state index is -1.78. The lowest BCUT2D eigenvalue weighted by Gasteiger charge is -2.43. The van der Waals surface area contributed by atoms with E-state index in [-0.39, 0.29) is 33.0 Å². The summed E-state index contributed by atoms with van der Waals surface area (Å²) in [4.78, 5) is 36.7. The SMILES string of the molecule is CC(=O)O[C@@H]1[C@@H](OC(C)=O)[C@@H](O)O[C@H](CO[C@@H]2O[C@@H]([C@@H](COCc3ccccc3)OCc3ccccc3)[C@H](OCc3ccccc3)[C@H]2OCc2ccccc2)[C@H]1OC(C)=O. The third-order valence-corrected chi connectivity index (χ3v) is 9.78. The molecule has 14 heteroatoms. The van der Waals surface area contributed by atoms with Crippen LogP contribution in [0.4, 0.5) is 0 Å². The van der Waals surface area contributed by atoms with Gasteiger partial charge in [0.15, 0.2) is 30.9 Å². The highest BCUT2D eigenvalue weighted by Crippen LogP contribution is 2.35. The highest BCUT2D eigenvalue weighted by atomic mass is 16.7. The summed E-state index contributed by atoms with van der Waals surface area (Å²) in [5, 5.41) is 11.0. The number of benzene rings is 4. The number of aliphatic hydroxyl groups is 1. The molecule has 0 spiro atoms. The van der Waals surface area contributed by atoms with Crippen molar-refractivity contribution >= 4 is 17.9 Å². The number of hydrogen-bond donors (Lipinski definition) is 1. The van der Waals surface area contributed by atoms with Crippen molar-refractivity contribution in [3.05, 3.63) is 144 Å². The van der Waals surface area contributed by atoms with Gasteiger partial charge in [-0.05, 0) is 22.3 Å². The molecule has 2 aliphatic rings. The zero-order chi connectivity index (χ0) is 42.3. The van der Waals surface area contributed by atoms with Crippen molar-refractivity contribution in [1.29, 1.82) is 0 Å². The average Bonchev–Trinajstić information content (AvgIpc) is 3.59. The Bertz CT molecular complexity index is 1900. The van der Waals surface area contributed by atoms with Gasteiger partial charge >= 0.3 is 17.9 Å². The van der Waals surface area contributed by atoms with Crippen molar-refractivity contribution in [1.82, 2.24) is 0 Å². The summed E-state index contributed by atoms with van der Waals surface area (Å²) in [5.41, 5.74) is 3.72. The van der Waals surface area contributed by atoms with Crippen LogP contribution in [0.5, 0.6) is 0 Å². The van der Waals surface area contributed by atoms with Gasteiger partial charge in [0.1, 0.15) is 30.5 Å². The Morgan fingerprint density at radius 1 is 0.533 bits per heavy atom. The van der Waals surface area contributed by atoms with Crippen molar-refractivity contribution in [2.75, 3.05) is 13.2 Å². The molecule has 320 valence electrons. The standard InChI is InChI=1S/C46H52O14/c1-30(47)56-40-38(59-45(50)43(58-32(3)49)42(40)57-31(2)48)29-55-46-44(54-27-36-22-14-7-15-23-36)41(53-26-35-20-12-6-13-21-35)39(60-46)37(52-25-34-18-10-5-11-19-34)28-51-24-33-16-8-4-9-17-33/h4-23,37-46,50H,24-29H2,1-3H3/t37-,38-,39+,40-,41+,42+,43-,44-,45+,46-/m1/s1. The number of ether oxygens (including phenoxy) is 10. The fourth-order valence-corrected chi connectivity index (χ4v) is 7.06. The van der Waals surface area contributed by atoms with Crippen molar-refractivity contribution in [3.8, 4) is 0 Å². The number of carbonyl (C=O) groups excluding carboxylic acids is 3. The lowest BCUT2D eigenvalue weighted by molar-refractivity contribution is -0.305. The molecule has 0 bridgehead atoms. The van der Waals surface area contributed by atoms with Crippen LogP contribution in [-0.2, 0) is 88.2 Å². The van der Waals surface area contributed by atoms with E-state index >= 15 is 0 Å². The summed E-state index contributed by atoms with van der Waals surface area (Å²) < 4.78 is 61.7. The van der Waals surface area contributed by atoms with Crippen LogP contribution < -0.4 is 0 Å². The number of aliphatic hydroxyl groups excluding tert-OH is 1. The maximum absolute atomic E-state index is 12.4. The molecule has 0 saturated carbocycles. The normalized spacial score (nSPS) is 25.6. The Hall–Kier alpha value is -5.03. The molecule has 1 N–H and O–H groups in total. The lowest BCUT2D eigenvalue weighted by atomic mass is 9.98. The molecule has 10 atom stereocenters. The molecule has 2 fully saturated rings.